The Morgan fingerprint density at radius 3 is 2.73 bits per heavy atom. The zero-order valence-corrected chi connectivity index (χ0v) is 10.0. The molecule has 0 aliphatic carbocycles. The Hall–Kier alpha value is -1.13. The molecule has 0 unspecified atom stereocenters. The van der Waals surface area contributed by atoms with Gasteiger partial charge in [0.25, 0.3) is 0 Å². The molecule has 76 valence electrons. The lowest BCUT2D eigenvalue weighted by Crippen LogP contribution is -1.98. The molecule has 0 spiro atoms. The van der Waals surface area contributed by atoms with Crippen LogP contribution < -0.4 is 0 Å². The number of phenols is 1. The van der Waals surface area contributed by atoms with Crippen LogP contribution in [0.1, 0.15) is 15.2 Å². The fraction of sp³-hybridized carbons (Fsp3) is 0. The maximum atomic E-state index is 11.9. The van der Waals surface area contributed by atoms with Crippen molar-refractivity contribution in [2.45, 2.75) is 0 Å². The number of rotatable bonds is 2. The van der Waals surface area contributed by atoms with E-state index < -0.39 is 0 Å². The molecule has 1 N–H and O–H groups in total. The first-order valence-corrected chi connectivity index (χ1v) is 5.92. The summed E-state index contributed by atoms with van der Waals surface area (Å²) in [6.07, 6.45) is 0. The molecule has 1 aromatic heterocycles. The number of carbonyl (C=O) groups excluding carboxylic acids is 1. The van der Waals surface area contributed by atoms with Crippen molar-refractivity contribution in [2.75, 3.05) is 0 Å². The maximum absolute atomic E-state index is 11.9. The zero-order chi connectivity index (χ0) is 10.8. The van der Waals surface area contributed by atoms with Crippen molar-refractivity contribution in [1.29, 1.82) is 0 Å². The van der Waals surface area contributed by atoms with Crippen molar-refractivity contribution in [3.05, 3.63) is 50.6 Å². The molecule has 1 aromatic carbocycles. The van der Waals surface area contributed by atoms with Crippen molar-refractivity contribution in [1.82, 2.24) is 0 Å². The first-order valence-electron chi connectivity index (χ1n) is 4.25. The smallest absolute Gasteiger partial charge is 0.206 e. The van der Waals surface area contributed by atoms with E-state index in [-0.39, 0.29) is 11.5 Å². The second kappa shape index (κ2) is 4.16. The summed E-state index contributed by atoms with van der Waals surface area (Å²) in [7, 11) is 0. The summed E-state index contributed by atoms with van der Waals surface area (Å²) in [5.41, 5.74) is 0.334. The Labute approximate surface area is 99.3 Å². The summed E-state index contributed by atoms with van der Waals surface area (Å²) >= 11 is 4.59. The molecule has 0 aliphatic rings. The molecular weight excluding hydrogens is 276 g/mol. The van der Waals surface area contributed by atoms with Crippen LogP contribution in [-0.4, -0.2) is 10.9 Å². The van der Waals surface area contributed by atoms with Gasteiger partial charge in [-0.05, 0) is 29.6 Å². The number of phenolic OH excluding ortho intramolecular Hbond substituents is 1. The van der Waals surface area contributed by atoms with Gasteiger partial charge in [0, 0.05) is 4.47 Å². The molecule has 0 saturated heterocycles. The predicted molar refractivity (Wildman–Crippen MR) is 63.6 cm³/mol. The second-order valence-electron chi connectivity index (χ2n) is 2.97. The van der Waals surface area contributed by atoms with E-state index in [2.05, 4.69) is 15.9 Å². The number of benzene rings is 1. The number of halogens is 1. The van der Waals surface area contributed by atoms with Crippen LogP contribution in [0.25, 0.3) is 0 Å². The molecule has 2 rings (SSSR count). The van der Waals surface area contributed by atoms with E-state index in [0.717, 1.165) is 4.47 Å². The highest BCUT2D eigenvalue weighted by atomic mass is 79.9. The third-order valence-corrected chi connectivity index (χ3v) is 3.31. The molecule has 4 heteroatoms. The van der Waals surface area contributed by atoms with E-state index in [1.807, 2.05) is 11.4 Å². The van der Waals surface area contributed by atoms with Gasteiger partial charge in [0.05, 0.1) is 10.4 Å². The van der Waals surface area contributed by atoms with Gasteiger partial charge >= 0.3 is 0 Å². The summed E-state index contributed by atoms with van der Waals surface area (Å²) in [6.45, 7) is 0. The molecule has 0 amide bonds. The lowest BCUT2D eigenvalue weighted by molar-refractivity contribution is 0.104. The first-order chi connectivity index (χ1) is 7.18. The number of thiophene rings is 1. The minimum Gasteiger partial charge on any atom is -0.507 e. The molecular formula is C11H7BrO2S. The van der Waals surface area contributed by atoms with Gasteiger partial charge in [-0.1, -0.05) is 22.0 Å². The normalized spacial score (nSPS) is 10.2. The van der Waals surface area contributed by atoms with Crippen LogP contribution in [0.5, 0.6) is 5.75 Å². The number of ketones is 1. The number of aromatic hydroxyl groups is 1. The Bertz CT molecular complexity index is 491. The SMILES string of the molecule is O=C(c1cccs1)c1ccc(Br)cc1O. The molecule has 0 fully saturated rings. The average Bonchev–Trinajstić information content (AvgIpc) is 2.69. The van der Waals surface area contributed by atoms with Crippen LogP contribution in [0, 0.1) is 0 Å². The average molecular weight is 283 g/mol. The van der Waals surface area contributed by atoms with Crippen LogP contribution in [-0.2, 0) is 0 Å². The summed E-state index contributed by atoms with van der Waals surface area (Å²) in [6, 6.07) is 8.42. The van der Waals surface area contributed by atoms with E-state index in [9.17, 15) is 9.90 Å². The highest BCUT2D eigenvalue weighted by molar-refractivity contribution is 9.10. The van der Waals surface area contributed by atoms with Gasteiger partial charge in [-0.3, -0.25) is 4.79 Å². The van der Waals surface area contributed by atoms with Gasteiger partial charge in [-0.15, -0.1) is 11.3 Å². The zero-order valence-electron chi connectivity index (χ0n) is 7.61. The molecule has 15 heavy (non-hydrogen) atoms. The van der Waals surface area contributed by atoms with Crippen LogP contribution in [0.4, 0.5) is 0 Å². The van der Waals surface area contributed by atoms with E-state index in [1.165, 1.54) is 17.4 Å². The van der Waals surface area contributed by atoms with E-state index in [4.69, 9.17) is 0 Å². The van der Waals surface area contributed by atoms with Gasteiger partial charge in [0.1, 0.15) is 5.75 Å². The first kappa shape index (κ1) is 10.4. The fourth-order valence-electron chi connectivity index (χ4n) is 1.24. The van der Waals surface area contributed by atoms with Crippen LogP contribution in [0.15, 0.2) is 40.2 Å². The monoisotopic (exact) mass is 282 g/mol. The Morgan fingerprint density at radius 1 is 1.33 bits per heavy atom. The molecule has 0 saturated carbocycles. The predicted octanol–water partition coefficient (Wildman–Crippen LogP) is 3.45. The van der Waals surface area contributed by atoms with Crippen LogP contribution in [0.3, 0.4) is 0 Å². The summed E-state index contributed by atoms with van der Waals surface area (Å²) in [4.78, 5) is 12.5. The summed E-state index contributed by atoms with van der Waals surface area (Å²) < 4.78 is 0.753. The van der Waals surface area contributed by atoms with Gasteiger partial charge in [0.15, 0.2) is 0 Å². The van der Waals surface area contributed by atoms with Gasteiger partial charge < -0.3 is 5.11 Å². The number of carbonyl (C=O) groups is 1. The van der Waals surface area contributed by atoms with Crippen LogP contribution >= 0.6 is 27.3 Å². The lowest BCUT2D eigenvalue weighted by atomic mass is 10.1. The number of hydrogen-bond donors (Lipinski definition) is 1. The highest BCUT2D eigenvalue weighted by Gasteiger charge is 2.14. The third kappa shape index (κ3) is 2.11. The topological polar surface area (TPSA) is 37.3 Å². The Kier molecular flexibility index (Phi) is 2.88. The van der Waals surface area contributed by atoms with Gasteiger partial charge in [-0.2, -0.15) is 0 Å². The molecule has 0 atom stereocenters. The molecule has 2 nitrogen and oxygen atoms in total. The standard InChI is InChI=1S/C11H7BrO2S/c12-7-3-4-8(9(13)6-7)11(14)10-2-1-5-15-10/h1-6,13H. The summed E-state index contributed by atoms with van der Waals surface area (Å²) in [5.74, 6) is -0.141. The van der Waals surface area contributed by atoms with E-state index in [0.29, 0.717) is 10.4 Å². The van der Waals surface area contributed by atoms with E-state index in [1.54, 1.807) is 18.2 Å². The quantitative estimate of drug-likeness (QED) is 0.857. The molecule has 0 aliphatic heterocycles. The lowest BCUT2D eigenvalue weighted by Gasteiger charge is -2.02. The van der Waals surface area contributed by atoms with Crippen molar-refractivity contribution in [3.8, 4) is 5.75 Å². The second-order valence-corrected chi connectivity index (χ2v) is 4.83. The molecule has 2 aromatic rings. The molecule has 0 bridgehead atoms. The van der Waals surface area contributed by atoms with Crippen molar-refractivity contribution in [3.63, 3.8) is 0 Å². The van der Waals surface area contributed by atoms with Crippen molar-refractivity contribution < 1.29 is 9.90 Å². The molecule has 1 heterocycles. The Balaban J connectivity index is 2.42. The van der Waals surface area contributed by atoms with Gasteiger partial charge in [-0.25, -0.2) is 0 Å². The molecule has 0 radical (unpaired) electrons. The summed E-state index contributed by atoms with van der Waals surface area (Å²) in [5, 5.41) is 11.5. The largest absolute Gasteiger partial charge is 0.507 e. The minimum atomic E-state index is -0.144. The maximum Gasteiger partial charge on any atom is 0.206 e. The van der Waals surface area contributed by atoms with Gasteiger partial charge in [0.2, 0.25) is 5.78 Å². The fourth-order valence-corrected chi connectivity index (χ4v) is 2.26. The Morgan fingerprint density at radius 2 is 2.13 bits per heavy atom. The van der Waals surface area contributed by atoms with Crippen molar-refractivity contribution >= 4 is 33.0 Å². The van der Waals surface area contributed by atoms with Crippen molar-refractivity contribution in [2.24, 2.45) is 0 Å². The van der Waals surface area contributed by atoms with E-state index >= 15 is 0 Å². The van der Waals surface area contributed by atoms with Crippen LogP contribution in [0.2, 0.25) is 0 Å². The minimum absolute atomic E-state index is 0.00257. The highest BCUT2D eigenvalue weighted by Crippen LogP contribution is 2.25. The third-order valence-electron chi connectivity index (χ3n) is 1.95. The number of hydrogen-bond acceptors (Lipinski definition) is 3.